The van der Waals surface area contributed by atoms with Gasteiger partial charge in [0.1, 0.15) is 6.61 Å². The summed E-state index contributed by atoms with van der Waals surface area (Å²) in [5.41, 5.74) is 0. The monoisotopic (exact) mass is 267 g/mol. The number of anilines is 1. The number of halogens is 1. The van der Waals surface area contributed by atoms with Crippen LogP contribution in [0.3, 0.4) is 0 Å². The third-order valence-corrected chi connectivity index (χ3v) is 3.03. The van der Waals surface area contributed by atoms with E-state index in [-0.39, 0.29) is 5.88 Å². The van der Waals surface area contributed by atoms with E-state index in [0.717, 1.165) is 24.0 Å². The van der Waals surface area contributed by atoms with Gasteiger partial charge in [-0.3, -0.25) is 0 Å². The van der Waals surface area contributed by atoms with Gasteiger partial charge in [0.05, 0.1) is 6.20 Å². The Kier molecular flexibility index (Phi) is 4.46. The van der Waals surface area contributed by atoms with Crippen molar-refractivity contribution in [2.24, 2.45) is 0 Å². The molecule has 0 aliphatic rings. The fourth-order valence-corrected chi connectivity index (χ4v) is 1.92. The topological polar surface area (TPSA) is 47.0 Å². The molecule has 2 aromatic heterocycles. The van der Waals surface area contributed by atoms with Gasteiger partial charge in [0.2, 0.25) is 11.8 Å². The van der Waals surface area contributed by atoms with Crippen LogP contribution in [0.2, 0.25) is 0 Å². The summed E-state index contributed by atoms with van der Waals surface area (Å²) in [6.07, 6.45) is 2.07. The highest BCUT2D eigenvalue weighted by Gasteiger charge is 2.08. The lowest BCUT2D eigenvalue weighted by molar-refractivity contribution is 0.279. The number of thiophene rings is 1. The van der Waals surface area contributed by atoms with Crippen LogP contribution in [0.15, 0.2) is 23.7 Å². The number of aromatic nitrogens is 2. The molecule has 0 radical (unpaired) electrons. The molecule has 0 aromatic carbocycles. The molecule has 0 amide bonds. The van der Waals surface area contributed by atoms with Crippen LogP contribution in [0, 0.1) is 5.82 Å². The molecule has 2 heterocycles. The molecule has 0 unspecified atom stereocenters. The van der Waals surface area contributed by atoms with Crippen LogP contribution in [0.5, 0.6) is 5.88 Å². The van der Waals surface area contributed by atoms with E-state index < -0.39 is 5.82 Å². The zero-order chi connectivity index (χ0) is 12.8. The lowest BCUT2D eigenvalue weighted by Crippen LogP contribution is -2.07. The number of hydrogen-bond acceptors (Lipinski definition) is 5. The highest BCUT2D eigenvalue weighted by atomic mass is 32.1. The van der Waals surface area contributed by atoms with E-state index in [0.29, 0.717) is 12.6 Å². The van der Waals surface area contributed by atoms with Crippen molar-refractivity contribution in [3.8, 4) is 5.88 Å². The number of rotatable bonds is 6. The molecule has 4 nitrogen and oxygen atoms in total. The maximum absolute atomic E-state index is 13.4. The largest absolute Gasteiger partial charge is 0.470 e. The third kappa shape index (κ3) is 3.40. The van der Waals surface area contributed by atoms with E-state index in [1.807, 2.05) is 24.4 Å². The van der Waals surface area contributed by atoms with Crippen molar-refractivity contribution in [2.45, 2.75) is 20.0 Å². The van der Waals surface area contributed by atoms with Crippen LogP contribution in [0.1, 0.15) is 18.2 Å². The van der Waals surface area contributed by atoms with E-state index in [9.17, 15) is 4.39 Å². The van der Waals surface area contributed by atoms with Gasteiger partial charge < -0.3 is 10.1 Å². The van der Waals surface area contributed by atoms with Gasteiger partial charge in [0, 0.05) is 11.4 Å². The molecule has 96 valence electrons. The number of ether oxygens (including phenoxy) is 1. The molecule has 0 aliphatic heterocycles. The highest BCUT2D eigenvalue weighted by molar-refractivity contribution is 7.09. The van der Waals surface area contributed by atoms with E-state index in [1.54, 1.807) is 11.3 Å². The van der Waals surface area contributed by atoms with Crippen molar-refractivity contribution < 1.29 is 9.13 Å². The first-order chi connectivity index (χ1) is 8.79. The minimum atomic E-state index is -0.548. The predicted molar refractivity (Wildman–Crippen MR) is 69.4 cm³/mol. The number of hydrogen-bond donors (Lipinski definition) is 1. The second kappa shape index (κ2) is 6.30. The number of nitrogens with one attached hydrogen (secondary N) is 1. The fraction of sp³-hybridized carbons (Fsp3) is 0.333. The molecule has 0 spiro atoms. The Balaban J connectivity index is 2.01. The van der Waals surface area contributed by atoms with Crippen LogP contribution in [-0.4, -0.2) is 16.5 Å². The average Bonchev–Trinajstić information content (AvgIpc) is 2.89. The van der Waals surface area contributed by atoms with Crippen LogP contribution in [0.25, 0.3) is 0 Å². The maximum Gasteiger partial charge on any atom is 0.255 e. The summed E-state index contributed by atoms with van der Waals surface area (Å²) in [4.78, 5) is 8.87. The van der Waals surface area contributed by atoms with Gasteiger partial charge in [-0.15, -0.1) is 11.3 Å². The Morgan fingerprint density at radius 2 is 2.39 bits per heavy atom. The Bertz CT molecular complexity index is 490. The maximum atomic E-state index is 13.4. The quantitative estimate of drug-likeness (QED) is 0.873. The Hall–Kier alpha value is -1.69. The van der Waals surface area contributed by atoms with Crippen molar-refractivity contribution in [2.75, 3.05) is 11.9 Å². The summed E-state index contributed by atoms with van der Waals surface area (Å²) in [6.45, 7) is 3.10. The molecule has 18 heavy (non-hydrogen) atoms. The molecule has 0 saturated heterocycles. The summed E-state index contributed by atoms with van der Waals surface area (Å²) >= 11 is 1.56. The van der Waals surface area contributed by atoms with Gasteiger partial charge in [0.25, 0.3) is 5.88 Å². The molecule has 0 atom stereocenters. The smallest absolute Gasteiger partial charge is 0.255 e. The third-order valence-electron chi connectivity index (χ3n) is 2.18. The van der Waals surface area contributed by atoms with E-state index >= 15 is 0 Å². The molecular weight excluding hydrogens is 253 g/mol. The Morgan fingerprint density at radius 1 is 1.50 bits per heavy atom. The first-order valence-corrected chi connectivity index (χ1v) is 6.59. The number of nitrogens with zero attached hydrogens (tertiary/aromatic N) is 2. The molecule has 2 rings (SSSR count). The fourth-order valence-electron chi connectivity index (χ4n) is 1.31. The average molecular weight is 267 g/mol. The standard InChI is InChI=1S/C12H14FN3OS/c1-2-5-14-12-15-7-10(13)11(16-12)17-8-9-4-3-6-18-9/h3-4,6-7H,2,5,8H2,1H3,(H,14,15,16). The van der Waals surface area contributed by atoms with Crippen molar-refractivity contribution in [3.05, 3.63) is 34.4 Å². The Morgan fingerprint density at radius 3 is 3.11 bits per heavy atom. The summed E-state index contributed by atoms with van der Waals surface area (Å²) in [6, 6.07) is 3.86. The van der Waals surface area contributed by atoms with Crippen LogP contribution in [0.4, 0.5) is 10.3 Å². The molecule has 2 aromatic rings. The van der Waals surface area contributed by atoms with Gasteiger partial charge >= 0.3 is 0 Å². The first-order valence-electron chi connectivity index (χ1n) is 5.71. The SMILES string of the molecule is CCCNc1ncc(F)c(OCc2cccs2)n1. The van der Waals surface area contributed by atoms with E-state index in [2.05, 4.69) is 15.3 Å². The second-order valence-electron chi connectivity index (χ2n) is 3.64. The lowest BCUT2D eigenvalue weighted by atomic mass is 10.5. The Labute approximate surface area is 109 Å². The van der Waals surface area contributed by atoms with E-state index in [4.69, 9.17) is 4.74 Å². The van der Waals surface area contributed by atoms with E-state index in [1.165, 1.54) is 0 Å². The predicted octanol–water partition coefficient (Wildman–Crippen LogP) is 3.08. The van der Waals surface area contributed by atoms with Crippen LogP contribution in [-0.2, 0) is 6.61 Å². The van der Waals surface area contributed by atoms with Crippen LogP contribution >= 0.6 is 11.3 Å². The van der Waals surface area contributed by atoms with Crippen LogP contribution < -0.4 is 10.1 Å². The zero-order valence-corrected chi connectivity index (χ0v) is 10.8. The molecule has 0 bridgehead atoms. The molecule has 0 saturated carbocycles. The summed E-state index contributed by atoms with van der Waals surface area (Å²) in [7, 11) is 0. The minimum absolute atomic E-state index is 0.0167. The molecule has 0 fully saturated rings. The van der Waals surface area contributed by atoms with Crippen molar-refractivity contribution >= 4 is 17.3 Å². The van der Waals surface area contributed by atoms with Gasteiger partial charge in [0.15, 0.2) is 0 Å². The molecule has 6 heteroatoms. The van der Waals surface area contributed by atoms with Gasteiger partial charge in [-0.05, 0) is 17.9 Å². The van der Waals surface area contributed by atoms with Gasteiger partial charge in [-0.2, -0.15) is 9.37 Å². The van der Waals surface area contributed by atoms with Crippen molar-refractivity contribution in [3.63, 3.8) is 0 Å². The summed E-state index contributed by atoms with van der Waals surface area (Å²) in [5.74, 6) is -0.176. The van der Waals surface area contributed by atoms with Crippen molar-refractivity contribution in [1.82, 2.24) is 9.97 Å². The van der Waals surface area contributed by atoms with Gasteiger partial charge in [-0.25, -0.2) is 4.98 Å². The lowest BCUT2D eigenvalue weighted by Gasteiger charge is -2.07. The summed E-state index contributed by atoms with van der Waals surface area (Å²) < 4.78 is 18.8. The molecule has 1 N–H and O–H groups in total. The first kappa shape index (κ1) is 12.8. The zero-order valence-electron chi connectivity index (χ0n) is 10.0. The van der Waals surface area contributed by atoms with Gasteiger partial charge in [-0.1, -0.05) is 13.0 Å². The van der Waals surface area contributed by atoms with Crippen molar-refractivity contribution in [1.29, 1.82) is 0 Å². The highest BCUT2D eigenvalue weighted by Crippen LogP contribution is 2.17. The molecular formula is C12H14FN3OS. The second-order valence-corrected chi connectivity index (χ2v) is 4.67. The summed E-state index contributed by atoms with van der Waals surface area (Å²) in [5, 5.41) is 4.94. The normalized spacial score (nSPS) is 10.3. The molecule has 0 aliphatic carbocycles. The minimum Gasteiger partial charge on any atom is -0.470 e.